The third-order valence-electron chi connectivity index (χ3n) is 3.42. The fraction of sp³-hybridized carbons (Fsp3) is 0.571. The molecule has 0 spiro atoms. The first-order valence-corrected chi connectivity index (χ1v) is 10.0. The van der Waals surface area contributed by atoms with Gasteiger partial charge in [-0.05, 0) is 17.6 Å². The Morgan fingerprint density at radius 2 is 2.14 bits per heavy atom. The molecule has 1 aromatic heterocycles. The molecule has 1 fully saturated rings. The number of hydrogen-bond donors (Lipinski definition) is 1. The summed E-state index contributed by atoms with van der Waals surface area (Å²) >= 11 is 0.922. The molecule has 0 radical (unpaired) electrons. The summed E-state index contributed by atoms with van der Waals surface area (Å²) in [4.78, 5) is 35.2. The van der Waals surface area contributed by atoms with E-state index in [2.05, 4.69) is 19.2 Å². The number of rotatable bonds is 7. The molecule has 2 rings (SSSR count). The highest BCUT2D eigenvalue weighted by atomic mass is 32.1. The molecule has 14 heteroatoms. The quantitative estimate of drug-likeness (QED) is 0.376. The van der Waals surface area contributed by atoms with E-state index in [1.807, 2.05) is 0 Å². The van der Waals surface area contributed by atoms with Crippen molar-refractivity contribution in [1.29, 1.82) is 0 Å². The molecule has 0 bridgehead atoms. The maximum absolute atomic E-state index is 12.6. The van der Waals surface area contributed by atoms with Gasteiger partial charge in [0.15, 0.2) is 12.8 Å². The highest BCUT2D eigenvalue weighted by Gasteiger charge is 2.49. The third kappa shape index (κ3) is 5.97. The fourth-order valence-corrected chi connectivity index (χ4v) is 3.95. The van der Waals surface area contributed by atoms with Crippen LogP contribution >= 0.6 is 19.4 Å². The van der Waals surface area contributed by atoms with Gasteiger partial charge in [-0.3, -0.25) is 13.8 Å². The molecule has 0 saturated carbocycles. The number of carbonyl (C=O) groups is 3. The number of amides is 1. The number of aromatic nitrogens is 1. The zero-order valence-electron chi connectivity index (χ0n) is 15.2. The molecular formula is C14H19N2O10PS. The van der Waals surface area contributed by atoms with E-state index in [9.17, 15) is 18.9 Å². The molecule has 1 aliphatic rings. The van der Waals surface area contributed by atoms with Gasteiger partial charge in [0.2, 0.25) is 6.79 Å². The highest BCUT2D eigenvalue weighted by molar-refractivity contribution is 7.48. The van der Waals surface area contributed by atoms with E-state index < -0.39 is 50.9 Å². The number of nitrogens with one attached hydrogen (secondary N) is 1. The number of phosphoric ester groups is 1. The molecule has 1 aromatic rings. The molecular weight excluding hydrogens is 419 g/mol. The van der Waals surface area contributed by atoms with Crippen LogP contribution in [0.15, 0.2) is 12.3 Å². The number of phosphoric acid groups is 1. The third-order valence-corrected chi connectivity index (χ3v) is 5.48. The molecule has 1 N–H and O–H groups in total. The van der Waals surface area contributed by atoms with Crippen molar-refractivity contribution in [2.45, 2.75) is 20.0 Å². The summed E-state index contributed by atoms with van der Waals surface area (Å²) < 4.78 is 45.3. The van der Waals surface area contributed by atoms with E-state index in [1.54, 1.807) is 13.8 Å². The van der Waals surface area contributed by atoms with E-state index in [0.29, 0.717) is 0 Å². The maximum atomic E-state index is 12.6. The predicted molar refractivity (Wildman–Crippen MR) is 92.2 cm³/mol. The lowest BCUT2D eigenvalue weighted by Gasteiger charge is -2.39. The smallest absolute Gasteiger partial charge is 0.438 e. The molecule has 156 valence electrons. The Kier molecular flexibility index (Phi) is 7.49. The van der Waals surface area contributed by atoms with Crippen LogP contribution in [0.3, 0.4) is 0 Å². The van der Waals surface area contributed by atoms with E-state index in [1.165, 1.54) is 12.3 Å². The van der Waals surface area contributed by atoms with Gasteiger partial charge in [0.25, 0.3) is 5.91 Å². The molecule has 0 aromatic carbocycles. The molecule has 1 amide bonds. The monoisotopic (exact) mass is 438 g/mol. The summed E-state index contributed by atoms with van der Waals surface area (Å²) in [6.07, 6.45) is -0.804. The maximum Gasteiger partial charge on any atom is 0.509 e. The zero-order valence-corrected chi connectivity index (χ0v) is 16.9. The number of nitrogens with zero attached hydrogens (tertiary/aromatic N) is 1. The second kappa shape index (κ2) is 9.43. The second-order valence-electron chi connectivity index (χ2n) is 6.03. The van der Waals surface area contributed by atoms with E-state index >= 15 is 0 Å². The van der Waals surface area contributed by atoms with Crippen molar-refractivity contribution in [2.75, 3.05) is 27.2 Å². The minimum absolute atomic E-state index is 0.136. The minimum atomic E-state index is -4.18. The lowest BCUT2D eigenvalue weighted by Crippen LogP contribution is -2.50. The Morgan fingerprint density at radius 3 is 2.79 bits per heavy atom. The van der Waals surface area contributed by atoms with E-state index in [4.69, 9.17) is 18.3 Å². The first-order valence-electron chi connectivity index (χ1n) is 7.81. The van der Waals surface area contributed by atoms with Gasteiger partial charge >= 0.3 is 19.9 Å². The standard InChI is InChI=1S/C14H19N2O10PS/c1-14(2)6-24-27(20,25-8-23-12(18)9-4-5-16-28-9)26-10(14)11(17)15-7-22-13(19)21-3/h4-5,10H,6-8H2,1-3H3,(H,15,17)/t10-,27?/m0/s1. The van der Waals surface area contributed by atoms with Gasteiger partial charge in [0, 0.05) is 11.6 Å². The summed E-state index contributed by atoms with van der Waals surface area (Å²) in [5.41, 5.74) is -0.869. The van der Waals surface area contributed by atoms with Gasteiger partial charge in [0.05, 0.1) is 13.7 Å². The Morgan fingerprint density at radius 1 is 1.39 bits per heavy atom. The summed E-state index contributed by atoms with van der Waals surface area (Å²) in [6, 6.07) is 1.45. The normalized spacial score (nSPS) is 23.5. The van der Waals surface area contributed by atoms with Crippen LogP contribution in [0, 0.1) is 5.41 Å². The lowest BCUT2D eigenvalue weighted by molar-refractivity contribution is -0.144. The molecule has 2 heterocycles. The molecule has 1 saturated heterocycles. The second-order valence-corrected chi connectivity index (χ2v) is 8.49. The number of esters is 1. The highest BCUT2D eigenvalue weighted by Crippen LogP contribution is 2.57. The average Bonchev–Trinajstić information content (AvgIpc) is 3.18. The molecule has 1 aliphatic heterocycles. The fourth-order valence-electron chi connectivity index (χ4n) is 1.95. The van der Waals surface area contributed by atoms with Gasteiger partial charge in [-0.15, -0.1) is 0 Å². The van der Waals surface area contributed by atoms with Gasteiger partial charge in [-0.25, -0.2) is 23.1 Å². The van der Waals surface area contributed by atoms with Crippen LogP contribution in [0.5, 0.6) is 0 Å². The lowest BCUT2D eigenvalue weighted by atomic mass is 9.87. The van der Waals surface area contributed by atoms with Crippen LogP contribution in [0.4, 0.5) is 4.79 Å². The summed E-state index contributed by atoms with van der Waals surface area (Å²) in [5.74, 6) is -1.43. The van der Waals surface area contributed by atoms with Crippen molar-refractivity contribution in [3.8, 4) is 0 Å². The van der Waals surface area contributed by atoms with Crippen molar-refractivity contribution in [1.82, 2.24) is 9.69 Å². The van der Waals surface area contributed by atoms with Crippen molar-refractivity contribution < 1.29 is 46.7 Å². The average molecular weight is 438 g/mol. The van der Waals surface area contributed by atoms with Crippen molar-refractivity contribution in [3.63, 3.8) is 0 Å². The van der Waals surface area contributed by atoms with Crippen LogP contribution in [0.25, 0.3) is 0 Å². The van der Waals surface area contributed by atoms with Gasteiger partial charge < -0.3 is 19.5 Å². The molecule has 1 unspecified atom stereocenters. The van der Waals surface area contributed by atoms with Crippen molar-refractivity contribution >= 4 is 37.4 Å². The summed E-state index contributed by atoms with van der Waals surface area (Å²) in [7, 11) is -3.06. The van der Waals surface area contributed by atoms with E-state index in [-0.39, 0.29) is 11.5 Å². The summed E-state index contributed by atoms with van der Waals surface area (Å²) in [6.45, 7) is 1.97. The number of carbonyl (C=O) groups excluding carboxylic acids is 3. The Bertz CT molecular complexity index is 753. The van der Waals surface area contributed by atoms with Gasteiger partial charge in [-0.2, -0.15) is 0 Å². The van der Waals surface area contributed by atoms with E-state index in [0.717, 1.165) is 18.6 Å². The van der Waals surface area contributed by atoms with Crippen LogP contribution in [-0.4, -0.2) is 55.7 Å². The predicted octanol–water partition coefficient (Wildman–Crippen LogP) is 1.68. The number of ether oxygens (including phenoxy) is 3. The Balaban J connectivity index is 1.89. The van der Waals surface area contributed by atoms with Crippen LogP contribution in [-0.2, 0) is 37.1 Å². The van der Waals surface area contributed by atoms with Crippen LogP contribution < -0.4 is 5.32 Å². The molecule has 28 heavy (non-hydrogen) atoms. The SMILES string of the molecule is COC(=O)OCNC(=O)[C@@H]1OP(=O)(OCOC(=O)c2ccns2)OCC1(C)C. The first kappa shape index (κ1) is 22.2. The molecule has 2 atom stereocenters. The summed E-state index contributed by atoms with van der Waals surface area (Å²) in [5, 5.41) is 2.29. The largest absolute Gasteiger partial charge is 0.509 e. The van der Waals surface area contributed by atoms with Crippen molar-refractivity contribution in [2.24, 2.45) is 5.41 Å². The zero-order chi connectivity index (χ0) is 20.8. The minimum Gasteiger partial charge on any atom is -0.438 e. The number of methoxy groups -OCH3 is 1. The Labute approximate surface area is 164 Å². The Hall–Kier alpha value is -2.05. The van der Waals surface area contributed by atoms with Crippen LogP contribution in [0.1, 0.15) is 23.5 Å². The van der Waals surface area contributed by atoms with Crippen LogP contribution in [0.2, 0.25) is 0 Å². The molecule has 12 nitrogen and oxygen atoms in total. The van der Waals surface area contributed by atoms with Crippen molar-refractivity contribution in [3.05, 3.63) is 17.1 Å². The topological polar surface area (TPSA) is 149 Å². The van der Waals surface area contributed by atoms with Gasteiger partial charge in [0.1, 0.15) is 4.88 Å². The first-order chi connectivity index (χ1) is 13.2. The molecule has 0 aliphatic carbocycles. The number of hydrogen-bond acceptors (Lipinski definition) is 12. The van der Waals surface area contributed by atoms with Gasteiger partial charge in [-0.1, -0.05) is 13.8 Å².